The van der Waals surface area contributed by atoms with Crippen LogP contribution in [0.15, 0.2) is 18.2 Å². The van der Waals surface area contributed by atoms with Gasteiger partial charge in [0.05, 0.1) is 0 Å². The van der Waals surface area contributed by atoms with Gasteiger partial charge in [-0.25, -0.2) is 0 Å². The van der Waals surface area contributed by atoms with Crippen LogP contribution in [0.25, 0.3) is 0 Å². The number of rotatable bonds is 18. The molecule has 0 N–H and O–H groups in total. The normalized spacial score (nSPS) is 11.2. The Labute approximate surface area is 171 Å². The maximum Gasteiger partial charge on any atom is -0.0279 e. The fourth-order valence-electron chi connectivity index (χ4n) is 4.16. The van der Waals surface area contributed by atoms with Crippen molar-refractivity contribution in [2.45, 2.75) is 136 Å². The van der Waals surface area contributed by atoms with Gasteiger partial charge in [0.25, 0.3) is 0 Å². The van der Waals surface area contributed by atoms with E-state index >= 15 is 0 Å². The van der Waals surface area contributed by atoms with Gasteiger partial charge in [-0.05, 0) is 43.7 Å². The highest BCUT2D eigenvalue weighted by atomic mass is 14.1. The summed E-state index contributed by atoms with van der Waals surface area (Å²) in [6, 6.07) is 7.33. The highest BCUT2D eigenvalue weighted by Gasteiger charge is 2.01. The molecule has 0 saturated carbocycles. The molecule has 1 aromatic rings. The van der Waals surface area contributed by atoms with Gasteiger partial charge in [0, 0.05) is 0 Å². The van der Waals surface area contributed by atoms with Crippen LogP contribution in [0.2, 0.25) is 0 Å². The topological polar surface area (TPSA) is 0 Å². The fraction of sp³-hybridized carbons (Fsp3) is 0.778. The molecule has 0 aliphatic carbocycles. The molecule has 0 radical (unpaired) electrons. The van der Waals surface area contributed by atoms with Crippen molar-refractivity contribution in [2.24, 2.45) is 0 Å². The lowest BCUT2D eigenvalue weighted by Crippen LogP contribution is -1.93. The third-order valence-electron chi connectivity index (χ3n) is 5.83. The van der Waals surface area contributed by atoms with Crippen LogP contribution in [0.5, 0.6) is 0 Å². The van der Waals surface area contributed by atoms with E-state index in [4.69, 9.17) is 0 Å². The first-order chi connectivity index (χ1) is 13.3. The summed E-state index contributed by atoms with van der Waals surface area (Å²) in [4.78, 5) is 0. The molecule has 0 aliphatic rings. The Morgan fingerprint density at radius 1 is 0.444 bits per heavy atom. The van der Waals surface area contributed by atoms with Crippen molar-refractivity contribution in [3.8, 4) is 0 Å². The minimum absolute atomic E-state index is 1.28. The Bertz CT molecular complexity index is 407. The van der Waals surface area contributed by atoms with E-state index in [1.807, 2.05) is 0 Å². The molecule has 156 valence electrons. The smallest absolute Gasteiger partial charge is 0.0279 e. The second kappa shape index (κ2) is 17.3. The summed E-state index contributed by atoms with van der Waals surface area (Å²) >= 11 is 0. The molecular weight excluding hydrogens is 324 g/mol. The van der Waals surface area contributed by atoms with Crippen LogP contribution >= 0.6 is 0 Å². The largest absolute Gasteiger partial charge is 0.0654 e. The standard InChI is InChI=1S/C27H48/c1-4-6-8-10-12-14-16-18-20-26-22-25(3)23-27(24-26)21-19-17-15-13-11-9-7-5-2/h22-24H,4-21H2,1-3H3. The zero-order valence-electron chi connectivity index (χ0n) is 19.0. The van der Waals surface area contributed by atoms with E-state index in [2.05, 4.69) is 39.0 Å². The molecule has 0 spiro atoms. The van der Waals surface area contributed by atoms with Gasteiger partial charge in [0.1, 0.15) is 0 Å². The number of hydrogen-bond acceptors (Lipinski definition) is 0. The van der Waals surface area contributed by atoms with E-state index in [9.17, 15) is 0 Å². The summed E-state index contributed by atoms with van der Waals surface area (Å²) in [6.07, 6.45) is 25.2. The zero-order chi connectivity index (χ0) is 19.6. The van der Waals surface area contributed by atoms with E-state index < -0.39 is 0 Å². The molecule has 0 heterocycles. The van der Waals surface area contributed by atoms with Gasteiger partial charge in [-0.3, -0.25) is 0 Å². The number of aryl methyl sites for hydroxylation is 3. The molecule has 27 heavy (non-hydrogen) atoms. The van der Waals surface area contributed by atoms with Gasteiger partial charge in [0.15, 0.2) is 0 Å². The van der Waals surface area contributed by atoms with Crippen LogP contribution in [0.1, 0.15) is 133 Å². The van der Waals surface area contributed by atoms with Crippen molar-refractivity contribution in [3.63, 3.8) is 0 Å². The molecule has 0 saturated heterocycles. The van der Waals surface area contributed by atoms with Gasteiger partial charge in [0.2, 0.25) is 0 Å². The van der Waals surface area contributed by atoms with Crippen molar-refractivity contribution >= 4 is 0 Å². The van der Waals surface area contributed by atoms with E-state index in [0.717, 1.165) is 0 Å². The van der Waals surface area contributed by atoms with E-state index in [0.29, 0.717) is 0 Å². The Morgan fingerprint density at radius 2 is 0.778 bits per heavy atom. The summed E-state index contributed by atoms with van der Waals surface area (Å²) in [6.45, 7) is 6.87. The molecule has 1 rings (SSSR count). The van der Waals surface area contributed by atoms with Crippen LogP contribution in [0.3, 0.4) is 0 Å². The van der Waals surface area contributed by atoms with Gasteiger partial charge in [-0.1, -0.05) is 128 Å². The Hall–Kier alpha value is -0.780. The predicted molar refractivity (Wildman–Crippen MR) is 124 cm³/mol. The van der Waals surface area contributed by atoms with Crippen LogP contribution < -0.4 is 0 Å². The van der Waals surface area contributed by atoms with Crippen molar-refractivity contribution in [1.29, 1.82) is 0 Å². The van der Waals surface area contributed by atoms with Crippen LogP contribution in [0, 0.1) is 6.92 Å². The molecule has 1 aromatic carbocycles. The molecule has 0 bridgehead atoms. The molecule has 0 nitrogen and oxygen atoms in total. The van der Waals surface area contributed by atoms with Crippen molar-refractivity contribution < 1.29 is 0 Å². The minimum Gasteiger partial charge on any atom is -0.0654 e. The third kappa shape index (κ3) is 14.0. The van der Waals surface area contributed by atoms with Crippen LogP contribution in [0.4, 0.5) is 0 Å². The third-order valence-corrected chi connectivity index (χ3v) is 5.83. The lowest BCUT2D eigenvalue weighted by molar-refractivity contribution is 0.574. The van der Waals surface area contributed by atoms with E-state index in [1.54, 1.807) is 11.1 Å². The molecule has 0 aliphatic heterocycles. The Balaban J connectivity index is 2.14. The van der Waals surface area contributed by atoms with Gasteiger partial charge in [-0.2, -0.15) is 0 Å². The Kier molecular flexibility index (Phi) is 15.6. The summed E-state index contributed by atoms with van der Waals surface area (Å²) in [5.41, 5.74) is 4.62. The maximum atomic E-state index is 2.50. The molecular formula is C27H48. The summed E-state index contributed by atoms with van der Waals surface area (Å²) in [5, 5.41) is 0. The van der Waals surface area contributed by atoms with E-state index in [1.165, 1.54) is 121 Å². The summed E-state index contributed by atoms with van der Waals surface area (Å²) in [5.74, 6) is 0. The molecule has 0 fully saturated rings. The lowest BCUT2D eigenvalue weighted by Gasteiger charge is -2.08. The fourth-order valence-corrected chi connectivity index (χ4v) is 4.16. The maximum absolute atomic E-state index is 2.50. The first-order valence-electron chi connectivity index (χ1n) is 12.4. The zero-order valence-corrected chi connectivity index (χ0v) is 19.0. The Morgan fingerprint density at radius 3 is 1.15 bits per heavy atom. The number of benzene rings is 1. The molecule has 0 heteroatoms. The molecule has 0 unspecified atom stereocenters. The van der Waals surface area contributed by atoms with E-state index in [-0.39, 0.29) is 0 Å². The van der Waals surface area contributed by atoms with Crippen LogP contribution in [-0.4, -0.2) is 0 Å². The average Bonchev–Trinajstić information content (AvgIpc) is 2.65. The average molecular weight is 373 g/mol. The highest BCUT2D eigenvalue weighted by molar-refractivity contribution is 5.29. The van der Waals surface area contributed by atoms with Gasteiger partial charge in [-0.15, -0.1) is 0 Å². The predicted octanol–water partition coefficient (Wildman–Crippen LogP) is 9.36. The second-order valence-electron chi connectivity index (χ2n) is 8.78. The van der Waals surface area contributed by atoms with Gasteiger partial charge < -0.3 is 0 Å². The summed E-state index contributed by atoms with van der Waals surface area (Å²) < 4.78 is 0. The first-order valence-corrected chi connectivity index (χ1v) is 12.4. The quantitative estimate of drug-likeness (QED) is 0.225. The summed E-state index contributed by atoms with van der Waals surface area (Å²) in [7, 11) is 0. The highest BCUT2D eigenvalue weighted by Crippen LogP contribution is 2.17. The second-order valence-corrected chi connectivity index (χ2v) is 8.78. The first kappa shape index (κ1) is 24.3. The number of unbranched alkanes of at least 4 members (excludes halogenated alkanes) is 14. The molecule has 0 amide bonds. The molecule has 0 aromatic heterocycles. The lowest BCUT2D eigenvalue weighted by atomic mass is 9.97. The minimum atomic E-state index is 1.28. The SMILES string of the molecule is CCCCCCCCCCc1cc(C)cc(CCCCCCCCCC)c1. The monoisotopic (exact) mass is 372 g/mol. The van der Waals surface area contributed by atoms with Gasteiger partial charge >= 0.3 is 0 Å². The van der Waals surface area contributed by atoms with Crippen molar-refractivity contribution in [2.75, 3.05) is 0 Å². The van der Waals surface area contributed by atoms with Crippen molar-refractivity contribution in [3.05, 3.63) is 34.9 Å². The van der Waals surface area contributed by atoms with Crippen LogP contribution in [-0.2, 0) is 12.8 Å². The van der Waals surface area contributed by atoms with Crippen molar-refractivity contribution in [1.82, 2.24) is 0 Å². The molecule has 0 atom stereocenters. The number of hydrogen-bond donors (Lipinski definition) is 0.